The third-order valence-electron chi connectivity index (χ3n) is 8.95. The van der Waals surface area contributed by atoms with Crippen LogP contribution < -0.4 is 4.74 Å². The molecule has 41 heavy (non-hydrogen) atoms. The number of Topliss-reactive ketones (excluding diaryl/α,β-unsaturated/α-hetero) is 1. The van der Waals surface area contributed by atoms with Gasteiger partial charge in [0.05, 0.1) is 17.9 Å². The van der Waals surface area contributed by atoms with Gasteiger partial charge in [-0.15, -0.1) is 0 Å². The number of hydrogen-bond acceptors (Lipinski definition) is 7. The number of fused-ring (bicyclic) bond motifs is 1. The summed E-state index contributed by atoms with van der Waals surface area (Å²) in [5, 5.41) is 0.963. The van der Waals surface area contributed by atoms with Crippen molar-refractivity contribution in [1.82, 2.24) is 19.4 Å². The van der Waals surface area contributed by atoms with Gasteiger partial charge in [0.2, 0.25) is 0 Å². The van der Waals surface area contributed by atoms with Gasteiger partial charge in [-0.3, -0.25) is 4.79 Å². The minimum atomic E-state index is -3.00. The fraction of sp³-hybridized carbons (Fsp3) is 0.594. The van der Waals surface area contributed by atoms with Crippen LogP contribution in [0.2, 0.25) is 0 Å². The Morgan fingerprint density at radius 3 is 2.71 bits per heavy atom. The lowest BCUT2D eigenvalue weighted by Crippen LogP contribution is -2.30. The molecule has 0 unspecified atom stereocenters. The molecule has 1 aliphatic heterocycles. The van der Waals surface area contributed by atoms with E-state index < -0.39 is 9.84 Å². The Labute approximate surface area is 244 Å². The molecule has 0 bridgehead atoms. The molecule has 0 amide bonds. The summed E-state index contributed by atoms with van der Waals surface area (Å²) in [6.07, 6.45) is 14.7. The first-order valence-electron chi connectivity index (χ1n) is 15.3. The van der Waals surface area contributed by atoms with E-state index in [1.807, 2.05) is 47.3 Å². The zero-order valence-corrected chi connectivity index (χ0v) is 25.3. The van der Waals surface area contributed by atoms with Gasteiger partial charge in [-0.25, -0.2) is 18.4 Å². The molecule has 1 atom stereocenters. The molecule has 1 saturated carbocycles. The molecule has 3 aromatic rings. The maximum absolute atomic E-state index is 13.0. The second-order valence-corrected chi connectivity index (χ2v) is 14.1. The van der Waals surface area contributed by atoms with E-state index in [0.717, 1.165) is 79.8 Å². The van der Waals surface area contributed by atoms with Crippen molar-refractivity contribution in [3.05, 3.63) is 48.5 Å². The maximum atomic E-state index is 13.0. The number of benzene rings is 1. The van der Waals surface area contributed by atoms with Crippen molar-refractivity contribution in [3.63, 3.8) is 0 Å². The summed E-state index contributed by atoms with van der Waals surface area (Å²) in [5.74, 6) is 3.72. The molecule has 0 N–H and O–H groups in total. The largest absolute Gasteiger partial charge is 0.493 e. The summed E-state index contributed by atoms with van der Waals surface area (Å²) in [4.78, 5) is 25.0. The van der Waals surface area contributed by atoms with Crippen LogP contribution in [0.1, 0.15) is 70.5 Å². The number of sulfone groups is 1. The van der Waals surface area contributed by atoms with Crippen LogP contribution in [-0.4, -0.2) is 71.4 Å². The Morgan fingerprint density at radius 2 is 1.93 bits per heavy atom. The van der Waals surface area contributed by atoms with Crippen LogP contribution >= 0.6 is 0 Å². The molecule has 1 aliphatic carbocycles. The second-order valence-electron chi connectivity index (χ2n) is 11.9. The minimum absolute atomic E-state index is 0.115. The van der Waals surface area contributed by atoms with Gasteiger partial charge in [0.1, 0.15) is 33.0 Å². The van der Waals surface area contributed by atoms with E-state index in [4.69, 9.17) is 9.72 Å². The summed E-state index contributed by atoms with van der Waals surface area (Å²) < 4.78 is 30.8. The first-order chi connectivity index (χ1) is 19.8. The topological polar surface area (TPSA) is 94.4 Å². The normalized spacial score (nSPS) is 21.9. The molecule has 9 heteroatoms. The molecular weight excluding hydrogens is 536 g/mol. The van der Waals surface area contributed by atoms with Gasteiger partial charge in [0, 0.05) is 48.8 Å². The van der Waals surface area contributed by atoms with Crippen LogP contribution in [0.3, 0.4) is 0 Å². The van der Waals surface area contributed by atoms with E-state index in [9.17, 15) is 13.2 Å². The monoisotopic (exact) mass is 580 g/mol. The number of ketones is 1. The van der Waals surface area contributed by atoms with Crippen LogP contribution in [-0.2, 0) is 21.1 Å². The standard InChI is InChI=1S/C32H44N4O4S/c1-3-35-19-5-7-26(35)14-15-29(37)25-12-10-24(11-13-25)23-31-33-18-16-32(34-31)36-20-17-27-28(36)8-4-9-30(27)40-21-6-22-41(2,38)39/h4,8-9,16-18,20,24-26H,3,5-7,10-15,19,21-23H2,1-2H3/t24?,25?,26-/m1/s1. The van der Waals surface area contributed by atoms with Crippen molar-refractivity contribution in [2.75, 3.05) is 31.7 Å². The average molecular weight is 581 g/mol. The molecule has 222 valence electrons. The highest BCUT2D eigenvalue weighted by molar-refractivity contribution is 7.90. The number of nitrogens with zero attached hydrogens (tertiary/aromatic N) is 4. The van der Waals surface area contributed by atoms with E-state index in [1.54, 1.807) is 0 Å². The lowest BCUT2D eigenvalue weighted by atomic mass is 9.77. The number of likely N-dealkylation sites (tertiary alicyclic amines) is 1. The SMILES string of the molecule is CCN1CCC[C@@H]1CCC(=O)C1CCC(Cc2nccc(-n3ccc4c(OCCCS(C)(=O)=O)cccc43)n2)CC1. The number of rotatable bonds is 13. The number of carbonyl (C=O) groups excluding carboxylic acids is 1. The van der Waals surface area contributed by atoms with Gasteiger partial charge >= 0.3 is 0 Å². The van der Waals surface area contributed by atoms with Crippen molar-refractivity contribution in [2.45, 2.75) is 77.2 Å². The van der Waals surface area contributed by atoms with Crippen molar-refractivity contribution in [2.24, 2.45) is 11.8 Å². The lowest BCUT2D eigenvalue weighted by Gasteiger charge is -2.28. The van der Waals surface area contributed by atoms with Gasteiger partial charge in [-0.05, 0) is 94.6 Å². The fourth-order valence-corrected chi connectivity index (χ4v) is 7.33. The van der Waals surface area contributed by atoms with Gasteiger partial charge in [-0.1, -0.05) is 13.0 Å². The predicted octanol–water partition coefficient (Wildman–Crippen LogP) is 5.42. The van der Waals surface area contributed by atoms with Crippen molar-refractivity contribution < 1.29 is 17.9 Å². The molecule has 2 fully saturated rings. The van der Waals surface area contributed by atoms with Gasteiger partial charge in [0.15, 0.2) is 0 Å². The van der Waals surface area contributed by atoms with Gasteiger partial charge in [0.25, 0.3) is 0 Å². The Bertz CT molecular complexity index is 1430. The lowest BCUT2D eigenvalue weighted by molar-refractivity contribution is -0.124. The number of ether oxygens (including phenoxy) is 1. The van der Waals surface area contributed by atoms with Crippen molar-refractivity contribution >= 4 is 26.5 Å². The maximum Gasteiger partial charge on any atom is 0.147 e. The molecule has 8 nitrogen and oxygen atoms in total. The Morgan fingerprint density at radius 1 is 1.10 bits per heavy atom. The summed E-state index contributed by atoms with van der Waals surface area (Å²) in [5.41, 5.74) is 0.981. The Hall–Kier alpha value is -2.78. The highest BCUT2D eigenvalue weighted by atomic mass is 32.2. The van der Waals surface area contributed by atoms with Crippen molar-refractivity contribution in [3.8, 4) is 11.6 Å². The van der Waals surface area contributed by atoms with Crippen LogP contribution in [0, 0.1) is 11.8 Å². The zero-order valence-electron chi connectivity index (χ0n) is 24.5. The first-order valence-corrected chi connectivity index (χ1v) is 17.4. The van der Waals surface area contributed by atoms with E-state index in [1.165, 1.54) is 25.6 Å². The number of carbonyl (C=O) groups is 1. The molecule has 5 rings (SSSR count). The summed E-state index contributed by atoms with van der Waals surface area (Å²) >= 11 is 0. The fourth-order valence-electron chi connectivity index (χ4n) is 6.69. The third-order valence-corrected chi connectivity index (χ3v) is 9.98. The first kappa shape index (κ1) is 29.7. The number of aromatic nitrogens is 3. The molecule has 2 aliphatic rings. The summed E-state index contributed by atoms with van der Waals surface area (Å²) in [7, 11) is -3.00. The van der Waals surface area contributed by atoms with Gasteiger partial charge in [-0.2, -0.15) is 0 Å². The third kappa shape index (κ3) is 7.74. The Balaban J connectivity index is 1.15. The van der Waals surface area contributed by atoms with E-state index in [-0.39, 0.29) is 11.7 Å². The zero-order chi connectivity index (χ0) is 28.8. The summed E-state index contributed by atoms with van der Waals surface area (Å²) in [6, 6.07) is 10.4. The highest BCUT2D eigenvalue weighted by Gasteiger charge is 2.29. The molecule has 2 aromatic heterocycles. The minimum Gasteiger partial charge on any atom is -0.493 e. The van der Waals surface area contributed by atoms with Crippen molar-refractivity contribution in [1.29, 1.82) is 0 Å². The molecule has 3 heterocycles. The van der Waals surface area contributed by atoms with Crippen LogP contribution in [0.15, 0.2) is 42.7 Å². The predicted molar refractivity (Wildman–Crippen MR) is 162 cm³/mol. The molecular formula is C32H44N4O4S. The summed E-state index contributed by atoms with van der Waals surface area (Å²) in [6.45, 7) is 4.86. The highest BCUT2D eigenvalue weighted by Crippen LogP contribution is 2.33. The second kappa shape index (κ2) is 13.5. The van der Waals surface area contributed by atoms with E-state index in [0.29, 0.717) is 30.8 Å². The van der Waals surface area contributed by atoms with Gasteiger partial charge < -0.3 is 14.2 Å². The van der Waals surface area contributed by atoms with Crippen LogP contribution in [0.4, 0.5) is 0 Å². The molecule has 0 radical (unpaired) electrons. The molecule has 1 aromatic carbocycles. The van der Waals surface area contributed by atoms with Crippen LogP contribution in [0.25, 0.3) is 16.7 Å². The molecule has 1 saturated heterocycles. The Kier molecular flexibility index (Phi) is 9.75. The smallest absolute Gasteiger partial charge is 0.147 e. The average Bonchev–Trinajstić information content (AvgIpc) is 3.61. The molecule has 0 spiro atoms. The van der Waals surface area contributed by atoms with Crippen LogP contribution in [0.5, 0.6) is 5.75 Å². The van der Waals surface area contributed by atoms with E-state index in [2.05, 4.69) is 16.8 Å². The number of hydrogen-bond donors (Lipinski definition) is 0. The van der Waals surface area contributed by atoms with E-state index >= 15 is 0 Å². The quantitative estimate of drug-likeness (QED) is 0.249.